The molecular weight excluding hydrogens is 236 g/mol. The fourth-order valence-corrected chi connectivity index (χ4v) is 3.49. The van der Waals surface area contributed by atoms with Crippen molar-refractivity contribution in [1.82, 2.24) is 4.72 Å². The molecule has 3 N–H and O–H groups in total. The molecule has 0 bridgehead atoms. The maximum Gasteiger partial charge on any atom is 0.241 e. The van der Waals surface area contributed by atoms with Gasteiger partial charge in [0, 0.05) is 12.1 Å². The Morgan fingerprint density at radius 1 is 1.41 bits per heavy atom. The Morgan fingerprint density at radius 3 is 2.59 bits per heavy atom. The van der Waals surface area contributed by atoms with Crippen molar-refractivity contribution in [2.45, 2.75) is 43.7 Å². The van der Waals surface area contributed by atoms with Gasteiger partial charge in [0.1, 0.15) is 0 Å². The average Bonchev–Trinajstić information content (AvgIpc) is 2.95. The van der Waals surface area contributed by atoms with Gasteiger partial charge in [-0.2, -0.15) is 0 Å². The first-order valence-electron chi connectivity index (χ1n) is 5.70. The van der Waals surface area contributed by atoms with E-state index in [9.17, 15) is 8.42 Å². The van der Waals surface area contributed by atoms with Crippen molar-refractivity contribution in [3.8, 4) is 0 Å². The zero-order chi connectivity index (χ0) is 12.7. The molecule has 1 fully saturated rings. The van der Waals surface area contributed by atoms with E-state index in [1.807, 2.05) is 13.0 Å². The summed E-state index contributed by atoms with van der Waals surface area (Å²) in [5, 5.41) is 0. The van der Waals surface area contributed by atoms with E-state index in [4.69, 9.17) is 5.73 Å². The summed E-state index contributed by atoms with van der Waals surface area (Å²) >= 11 is 0. The summed E-state index contributed by atoms with van der Waals surface area (Å²) in [5.41, 5.74) is 6.87. The van der Waals surface area contributed by atoms with E-state index in [0.29, 0.717) is 11.4 Å². The van der Waals surface area contributed by atoms with Crippen LogP contribution >= 0.6 is 0 Å². The molecule has 1 saturated carbocycles. The van der Waals surface area contributed by atoms with Crippen molar-refractivity contribution in [3.63, 3.8) is 0 Å². The van der Waals surface area contributed by atoms with Crippen LogP contribution in [0, 0.1) is 6.92 Å². The predicted octanol–water partition coefficient (Wildman–Crippen LogP) is 1.28. The smallest absolute Gasteiger partial charge is 0.241 e. The molecule has 1 aromatic carbocycles. The number of benzene rings is 1. The Bertz CT molecular complexity index is 533. The first kappa shape index (κ1) is 12.5. The van der Waals surface area contributed by atoms with E-state index < -0.39 is 10.0 Å². The van der Waals surface area contributed by atoms with Gasteiger partial charge in [0.25, 0.3) is 0 Å². The zero-order valence-corrected chi connectivity index (χ0v) is 11.0. The van der Waals surface area contributed by atoms with Crippen molar-refractivity contribution in [3.05, 3.63) is 29.3 Å². The minimum atomic E-state index is -3.42. The summed E-state index contributed by atoms with van der Waals surface area (Å²) in [6.45, 7) is 4.07. The third-order valence-corrected chi connectivity index (χ3v) is 4.94. The van der Waals surface area contributed by atoms with Crippen LogP contribution in [-0.2, 0) is 16.6 Å². The second kappa shape index (κ2) is 4.08. The van der Waals surface area contributed by atoms with Crippen LogP contribution in [0.4, 0.5) is 0 Å². The molecule has 5 heteroatoms. The molecule has 1 aliphatic rings. The lowest BCUT2D eigenvalue weighted by molar-refractivity contribution is 0.557. The second-order valence-electron chi connectivity index (χ2n) is 4.97. The van der Waals surface area contributed by atoms with E-state index >= 15 is 0 Å². The van der Waals surface area contributed by atoms with Crippen molar-refractivity contribution < 1.29 is 8.42 Å². The summed E-state index contributed by atoms with van der Waals surface area (Å²) in [6.07, 6.45) is 1.81. The van der Waals surface area contributed by atoms with E-state index in [0.717, 1.165) is 24.0 Å². The van der Waals surface area contributed by atoms with Gasteiger partial charge in [-0.05, 0) is 43.9 Å². The number of nitrogens with two attached hydrogens (primary N) is 1. The summed E-state index contributed by atoms with van der Waals surface area (Å²) in [4.78, 5) is 0.341. The third kappa shape index (κ3) is 2.68. The number of rotatable bonds is 4. The van der Waals surface area contributed by atoms with E-state index in [2.05, 4.69) is 4.72 Å². The van der Waals surface area contributed by atoms with Crippen LogP contribution in [-0.4, -0.2) is 14.0 Å². The molecule has 1 aliphatic carbocycles. The van der Waals surface area contributed by atoms with Gasteiger partial charge >= 0.3 is 0 Å². The zero-order valence-electron chi connectivity index (χ0n) is 10.2. The van der Waals surface area contributed by atoms with Gasteiger partial charge in [0.2, 0.25) is 10.0 Å². The Morgan fingerprint density at radius 2 is 2.06 bits per heavy atom. The molecule has 0 spiro atoms. The standard InChI is InChI=1S/C12H18N2O2S/c1-9-3-4-10(8-13)7-11(9)17(15,16)14-12(2)5-6-12/h3-4,7,14H,5-6,8,13H2,1-2H3. The van der Waals surface area contributed by atoms with Crippen LogP contribution in [0.1, 0.15) is 30.9 Å². The van der Waals surface area contributed by atoms with Gasteiger partial charge in [0.05, 0.1) is 4.90 Å². The number of nitrogens with one attached hydrogen (secondary N) is 1. The van der Waals surface area contributed by atoms with E-state index in [1.165, 1.54) is 0 Å². The lowest BCUT2D eigenvalue weighted by atomic mass is 10.1. The van der Waals surface area contributed by atoms with Gasteiger partial charge in [-0.15, -0.1) is 0 Å². The Balaban J connectivity index is 2.38. The van der Waals surface area contributed by atoms with Crippen LogP contribution in [0.25, 0.3) is 0 Å². The first-order valence-corrected chi connectivity index (χ1v) is 7.18. The number of sulfonamides is 1. The molecule has 0 aliphatic heterocycles. The first-order chi connectivity index (χ1) is 7.86. The summed E-state index contributed by atoms with van der Waals surface area (Å²) in [5.74, 6) is 0. The van der Waals surface area contributed by atoms with Gasteiger partial charge in [0.15, 0.2) is 0 Å². The summed E-state index contributed by atoms with van der Waals surface area (Å²) in [6, 6.07) is 5.31. The number of hydrogen-bond donors (Lipinski definition) is 2. The van der Waals surface area contributed by atoms with Gasteiger partial charge < -0.3 is 5.73 Å². The van der Waals surface area contributed by atoms with Crippen LogP contribution in [0.15, 0.2) is 23.1 Å². The predicted molar refractivity (Wildman–Crippen MR) is 67.0 cm³/mol. The molecule has 0 aromatic heterocycles. The Kier molecular flexibility index (Phi) is 3.01. The SMILES string of the molecule is Cc1ccc(CN)cc1S(=O)(=O)NC1(C)CC1. The fourth-order valence-electron chi connectivity index (χ4n) is 1.73. The maximum absolute atomic E-state index is 12.2. The number of hydrogen-bond acceptors (Lipinski definition) is 3. The molecule has 0 amide bonds. The Labute approximate surface area is 102 Å². The summed E-state index contributed by atoms with van der Waals surface area (Å²) < 4.78 is 27.2. The van der Waals surface area contributed by atoms with Gasteiger partial charge in [-0.3, -0.25) is 0 Å². The highest BCUT2D eigenvalue weighted by Crippen LogP contribution is 2.36. The van der Waals surface area contributed by atoms with Crippen molar-refractivity contribution in [2.24, 2.45) is 5.73 Å². The van der Waals surface area contributed by atoms with Crippen LogP contribution in [0.2, 0.25) is 0 Å². The minimum absolute atomic E-state index is 0.246. The normalized spacial score (nSPS) is 18.1. The van der Waals surface area contributed by atoms with Crippen LogP contribution < -0.4 is 10.5 Å². The van der Waals surface area contributed by atoms with Gasteiger partial charge in [-0.25, -0.2) is 13.1 Å². The molecule has 0 atom stereocenters. The van der Waals surface area contributed by atoms with E-state index in [-0.39, 0.29) is 5.54 Å². The van der Waals surface area contributed by atoms with Gasteiger partial charge in [-0.1, -0.05) is 12.1 Å². The quantitative estimate of drug-likeness (QED) is 0.850. The monoisotopic (exact) mass is 254 g/mol. The van der Waals surface area contributed by atoms with Crippen molar-refractivity contribution in [1.29, 1.82) is 0 Å². The maximum atomic E-state index is 12.2. The topological polar surface area (TPSA) is 72.2 Å². The molecule has 1 aromatic rings. The molecule has 0 radical (unpaired) electrons. The number of aryl methyl sites for hydroxylation is 1. The average molecular weight is 254 g/mol. The second-order valence-corrected chi connectivity index (χ2v) is 6.62. The molecule has 4 nitrogen and oxygen atoms in total. The van der Waals surface area contributed by atoms with E-state index in [1.54, 1.807) is 19.1 Å². The molecule has 0 saturated heterocycles. The lowest BCUT2D eigenvalue weighted by Crippen LogP contribution is -2.34. The molecule has 2 rings (SSSR count). The minimum Gasteiger partial charge on any atom is -0.326 e. The highest BCUT2D eigenvalue weighted by atomic mass is 32.2. The largest absolute Gasteiger partial charge is 0.326 e. The highest BCUT2D eigenvalue weighted by Gasteiger charge is 2.41. The fraction of sp³-hybridized carbons (Fsp3) is 0.500. The summed E-state index contributed by atoms with van der Waals surface area (Å²) in [7, 11) is -3.42. The third-order valence-electron chi connectivity index (χ3n) is 3.16. The van der Waals surface area contributed by atoms with Crippen molar-refractivity contribution >= 4 is 10.0 Å². The molecular formula is C12H18N2O2S. The van der Waals surface area contributed by atoms with Crippen LogP contribution in [0.3, 0.4) is 0 Å². The molecule has 0 unspecified atom stereocenters. The Hall–Kier alpha value is -0.910. The molecule has 0 heterocycles. The van der Waals surface area contributed by atoms with Crippen molar-refractivity contribution in [2.75, 3.05) is 0 Å². The lowest BCUT2D eigenvalue weighted by Gasteiger charge is -2.14. The molecule has 17 heavy (non-hydrogen) atoms. The highest BCUT2D eigenvalue weighted by molar-refractivity contribution is 7.89. The van der Waals surface area contributed by atoms with Crippen LogP contribution in [0.5, 0.6) is 0 Å². The molecule has 94 valence electrons.